The van der Waals surface area contributed by atoms with Gasteiger partial charge in [-0.05, 0) is 56.5 Å². The first-order chi connectivity index (χ1) is 8.38. The van der Waals surface area contributed by atoms with E-state index in [0.29, 0.717) is 30.6 Å². The van der Waals surface area contributed by atoms with Gasteiger partial charge in [0.25, 0.3) is 0 Å². The van der Waals surface area contributed by atoms with Crippen LogP contribution in [0.2, 0.25) is 0 Å². The Morgan fingerprint density at radius 1 is 1.22 bits per heavy atom. The summed E-state index contributed by atoms with van der Waals surface area (Å²) in [5.41, 5.74) is 5.99. The Kier molecular flexibility index (Phi) is 5.25. The summed E-state index contributed by atoms with van der Waals surface area (Å²) in [5, 5.41) is 0. The summed E-state index contributed by atoms with van der Waals surface area (Å²) in [6.07, 6.45) is 1.46. The first-order valence-electron chi connectivity index (χ1n) is 5.85. The van der Waals surface area contributed by atoms with Crippen LogP contribution in [0.3, 0.4) is 0 Å². The topological polar surface area (TPSA) is 72.2 Å². The fourth-order valence-corrected chi connectivity index (χ4v) is 2.86. The van der Waals surface area contributed by atoms with E-state index in [0.717, 1.165) is 6.42 Å². The highest BCUT2D eigenvalue weighted by atomic mass is 32.2. The summed E-state index contributed by atoms with van der Waals surface area (Å²) >= 11 is 0. The molecule has 1 rings (SSSR count). The Morgan fingerprint density at radius 2 is 1.78 bits per heavy atom. The van der Waals surface area contributed by atoms with Gasteiger partial charge < -0.3 is 5.73 Å². The summed E-state index contributed by atoms with van der Waals surface area (Å²) in [6, 6.07) is 2.68. The highest BCUT2D eigenvalue weighted by Gasteiger charge is 2.16. The van der Waals surface area contributed by atoms with E-state index in [1.807, 2.05) is 0 Å². The number of nitrogens with two attached hydrogens (primary N) is 1. The first kappa shape index (κ1) is 15.1. The summed E-state index contributed by atoms with van der Waals surface area (Å²) in [7, 11) is -3.56. The van der Waals surface area contributed by atoms with Crippen molar-refractivity contribution in [2.45, 2.75) is 31.6 Å². The molecule has 0 aliphatic heterocycles. The molecule has 0 aliphatic carbocycles. The number of sulfonamides is 1. The average molecular weight is 274 g/mol. The lowest BCUT2D eigenvalue weighted by atomic mass is 10.1. The monoisotopic (exact) mass is 274 g/mol. The number of hydrogen-bond acceptors (Lipinski definition) is 3. The molecule has 0 heterocycles. The molecule has 0 saturated heterocycles. The van der Waals surface area contributed by atoms with Crippen molar-refractivity contribution < 1.29 is 12.8 Å². The number of halogens is 1. The van der Waals surface area contributed by atoms with Crippen LogP contribution in [-0.2, 0) is 10.0 Å². The van der Waals surface area contributed by atoms with Gasteiger partial charge in [-0.3, -0.25) is 0 Å². The Labute approximate surface area is 107 Å². The molecule has 0 aromatic heterocycles. The minimum absolute atomic E-state index is 0.103. The van der Waals surface area contributed by atoms with E-state index in [1.165, 1.54) is 12.1 Å². The molecule has 0 fully saturated rings. The second-order valence-electron chi connectivity index (χ2n) is 4.26. The zero-order chi connectivity index (χ0) is 13.8. The number of rotatable bonds is 6. The third kappa shape index (κ3) is 3.76. The largest absolute Gasteiger partial charge is 0.330 e. The Bertz CT molecular complexity index is 492. The van der Waals surface area contributed by atoms with Gasteiger partial charge in [-0.15, -0.1) is 0 Å². The molecule has 0 radical (unpaired) electrons. The van der Waals surface area contributed by atoms with Crippen LogP contribution >= 0.6 is 0 Å². The Balaban J connectivity index is 2.85. The Hall–Kier alpha value is -0.980. The first-order valence-corrected chi connectivity index (χ1v) is 7.33. The Morgan fingerprint density at radius 3 is 2.28 bits per heavy atom. The predicted molar refractivity (Wildman–Crippen MR) is 69.4 cm³/mol. The number of aryl methyl sites for hydroxylation is 2. The molecule has 1 aromatic carbocycles. The third-order valence-corrected chi connectivity index (χ3v) is 4.08. The van der Waals surface area contributed by atoms with Crippen LogP contribution in [0.1, 0.15) is 24.0 Å². The van der Waals surface area contributed by atoms with Gasteiger partial charge in [0, 0.05) is 6.54 Å². The molecule has 4 nitrogen and oxygen atoms in total. The number of unbranched alkanes of at least 4 members (excludes halogenated alkanes) is 1. The van der Waals surface area contributed by atoms with E-state index in [1.54, 1.807) is 13.8 Å². The summed E-state index contributed by atoms with van der Waals surface area (Å²) < 4.78 is 39.8. The molecular weight excluding hydrogens is 255 g/mol. The molecule has 0 spiro atoms. The van der Waals surface area contributed by atoms with E-state index in [4.69, 9.17) is 5.73 Å². The van der Waals surface area contributed by atoms with Crippen molar-refractivity contribution in [2.24, 2.45) is 5.73 Å². The minimum Gasteiger partial charge on any atom is -0.330 e. The summed E-state index contributed by atoms with van der Waals surface area (Å²) in [6.45, 7) is 3.98. The molecule has 18 heavy (non-hydrogen) atoms. The second-order valence-corrected chi connectivity index (χ2v) is 6.03. The molecule has 0 amide bonds. The lowest BCUT2D eigenvalue weighted by Gasteiger charge is -2.09. The molecule has 0 bridgehead atoms. The lowest BCUT2D eigenvalue weighted by Crippen LogP contribution is -2.25. The number of hydrogen-bond donors (Lipinski definition) is 2. The summed E-state index contributed by atoms with van der Waals surface area (Å²) in [5.74, 6) is -0.364. The van der Waals surface area contributed by atoms with Crippen LogP contribution in [0.25, 0.3) is 0 Å². The molecule has 0 atom stereocenters. The van der Waals surface area contributed by atoms with E-state index >= 15 is 0 Å². The van der Waals surface area contributed by atoms with Crippen LogP contribution in [0.5, 0.6) is 0 Å². The van der Waals surface area contributed by atoms with Crippen molar-refractivity contribution in [3.8, 4) is 0 Å². The molecule has 0 aliphatic rings. The maximum absolute atomic E-state index is 13.4. The van der Waals surface area contributed by atoms with Crippen molar-refractivity contribution in [3.05, 3.63) is 29.1 Å². The van der Waals surface area contributed by atoms with Gasteiger partial charge in [-0.2, -0.15) is 0 Å². The standard InChI is InChI=1S/C12H19FN2O2S/c1-9-7-11(8-10(2)12(9)13)18(16,17)15-6-4-3-5-14/h7-8,15H,3-6,14H2,1-2H3. The van der Waals surface area contributed by atoms with Crippen molar-refractivity contribution in [3.63, 3.8) is 0 Å². The average Bonchev–Trinajstić information content (AvgIpc) is 2.31. The molecule has 0 unspecified atom stereocenters. The zero-order valence-electron chi connectivity index (χ0n) is 10.7. The predicted octanol–water partition coefficient (Wildman–Crippen LogP) is 1.46. The molecular formula is C12H19FN2O2S. The van der Waals surface area contributed by atoms with Gasteiger partial charge in [0.05, 0.1) is 4.90 Å². The molecule has 1 aromatic rings. The number of nitrogens with one attached hydrogen (secondary N) is 1. The van der Waals surface area contributed by atoms with Crippen molar-refractivity contribution in [1.82, 2.24) is 4.72 Å². The fraction of sp³-hybridized carbons (Fsp3) is 0.500. The lowest BCUT2D eigenvalue weighted by molar-refractivity contribution is 0.575. The van der Waals surface area contributed by atoms with Crippen LogP contribution in [0.15, 0.2) is 17.0 Å². The number of benzene rings is 1. The van der Waals surface area contributed by atoms with Gasteiger partial charge >= 0.3 is 0 Å². The van der Waals surface area contributed by atoms with Crippen molar-refractivity contribution >= 4 is 10.0 Å². The van der Waals surface area contributed by atoms with Crippen LogP contribution in [-0.4, -0.2) is 21.5 Å². The minimum atomic E-state index is -3.56. The smallest absolute Gasteiger partial charge is 0.240 e. The van der Waals surface area contributed by atoms with Gasteiger partial charge in [-0.25, -0.2) is 17.5 Å². The van der Waals surface area contributed by atoms with Gasteiger partial charge in [-0.1, -0.05) is 0 Å². The van der Waals surface area contributed by atoms with Crippen molar-refractivity contribution in [1.29, 1.82) is 0 Å². The van der Waals surface area contributed by atoms with E-state index in [-0.39, 0.29) is 10.7 Å². The van der Waals surface area contributed by atoms with Gasteiger partial charge in [0.2, 0.25) is 10.0 Å². The second kappa shape index (κ2) is 6.26. The van der Waals surface area contributed by atoms with Gasteiger partial charge in [0.1, 0.15) is 5.82 Å². The van der Waals surface area contributed by atoms with Crippen molar-refractivity contribution in [2.75, 3.05) is 13.1 Å². The maximum atomic E-state index is 13.4. The molecule has 102 valence electrons. The SMILES string of the molecule is Cc1cc(S(=O)(=O)NCCCCN)cc(C)c1F. The molecule has 3 N–H and O–H groups in total. The third-order valence-electron chi connectivity index (χ3n) is 2.64. The van der Waals surface area contributed by atoms with Crippen LogP contribution in [0, 0.1) is 19.7 Å². The normalized spacial score (nSPS) is 11.8. The zero-order valence-corrected chi connectivity index (χ0v) is 11.5. The van der Waals surface area contributed by atoms with E-state index in [2.05, 4.69) is 4.72 Å². The fourth-order valence-electron chi connectivity index (χ4n) is 1.62. The highest BCUT2D eigenvalue weighted by Crippen LogP contribution is 2.18. The highest BCUT2D eigenvalue weighted by molar-refractivity contribution is 7.89. The molecule has 6 heteroatoms. The van der Waals surface area contributed by atoms with Gasteiger partial charge in [0.15, 0.2) is 0 Å². The summed E-state index contributed by atoms with van der Waals surface area (Å²) in [4.78, 5) is 0.103. The van der Waals surface area contributed by atoms with E-state index in [9.17, 15) is 12.8 Å². The van der Waals surface area contributed by atoms with Crippen LogP contribution < -0.4 is 10.5 Å². The van der Waals surface area contributed by atoms with E-state index < -0.39 is 10.0 Å². The maximum Gasteiger partial charge on any atom is 0.240 e. The quantitative estimate of drug-likeness (QED) is 0.771. The molecule has 0 saturated carbocycles. The van der Waals surface area contributed by atoms with Crippen LogP contribution in [0.4, 0.5) is 4.39 Å².